The molecule has 0 aliphatic rings. The van der Waals surface area contributed by atoms with E-state index in [9.17, 15) is 0 Å². The zero-order valence-electron chi connectivity index (χ0n) is 9.02. The first-order valence-corrected chi connectivity index (χ1v) is 6.47. The average molecular weight is 256 g/mol. The van der Waals surface area contributed by atoms with E-state index in [4.69, 9.17) is 4.98 Å². The highest BCUT2D eigenvalue weighted by molar-refractivity contribution is 9.08. The minimum absolute atomic E-state index is 0.918. The molecule has 1 heterocycles. The van der Waals surface area contributed by atoms with Crippen molar-refractivity contribution in [3.63, 3.8) is 0 Å². The first-order chi connectivity index (χ1) is 6.81. The maximum atomic E-state index is 4.69. The van der Waals surface area contributed by atoms with Gasteiger partial charge in [-0.25, -0.2) is 0 Å². The fourth-order valence-corrected chi connectivity index (χ4v) is 2.06. The summed E-state index contributed by atoms with van der Waals surface area (Å²) in [7, 11) is 0. The SMILES string of the molecule is CCCc1ccc(CBr)c(CCC)n1. The van der Waals surface area contributed by atoms with Crippen molar-refractivity contribution in [1.82, 2.24) is 4.98 Å². The Kier molecular flexibility index (Phi) is 5.16. The molecule has 0 aliphatic carbocycles. The lowest BCUT2D eigenvalue weighted by atomic mass is 10.1. The Morgan fingerprint density at radius 3 is 2.43 bits per heavy atom. The van der Waals surface area contributed by atoms with Crippen LogP contribution in [0.1, 0.15) is 43.6 Å². The lowest BCUT2D eigenvalue weighted by Crippen LogP contribution is -1.99. The topological polar surface area (TPSA) is 12.9 Å². The molecule has 0 amide bonds. The zero-order chi connectivity index (χ0) is 10.4. The quantitative estimate of drug-likeness (QED) is 0.728. The summed E-state index contributed by atoms with van der Waals surface area (Å²) in [6.07, 6.45) is 4.53. The second-order valence-electron chi connectivity index (χ2n) is 3.54. The highest BCUT2D eigenvalue weighted by atomic mass is 79.9. The third-order valence-corrected chi connectivity index (χ3v) is 2.87. The molecule has 1 nitrogen and oxygen atoms in total. The standard InChI is InChI=1S/C12H18BrN/c1-3-5-11-8-7-10(9-13)12(14-11)6-4-2/h7-8H,3-6,9H2,1-2H3. The third-order valence-electron chi connectivity index (χ3n) is 2.26. The fraction of sp³-hybridized carbons (Fsp3) is 0.583. The van der Waals surface area contributed by atoms with Crippen LogP contribution in [0.4, 0.5) is 0 Å². The fourth-order valence-electron chi connectivity index (χ4n) is 1.55. The third kappa shape index (κ3) is 3.09. The van der Waals surface area contributed by atoms with Crippen molar-refractivity contribution in [3.05, 3.63) is 29.1 Å². The summed E-state index contributed by atoms with van der Waals surface area (Å²) >= 11 is 3.50. The number of hydrogen-bond donors (Lipinski definition) is 0. The first kappa shape index (κ1) is 11.7. The van der Waals surface area contributed by atoms with E-state index in [0.717, 1.165) is 18.2 Å². The molecule has 78 valence electrons. The highest BCUT2D eigenvalue weighted by Gasteiger charge is 2.03. The molecule has 1 aromatic rings. The molecule has 0 radical (unpaired) electrons. The van der Waals surface area contributed by atoms with Gasteiger partial charge in [0.05, 0.1) is 0 Å². The molecule has 0 N–H and O–H groups in total. The molecule has 0 fully saturated rings. The van der Waals surface area contributed by atoms with Gasteiger partial charge < -0.3 is 0 Å². The number of aryl methyl sites for hydroxylation is 2. The Morgan fingerprint density at radius 2 is 1.86 bits per heavy atom. The van der Waals surface area contributed by atoms with Crippen molar-refractivity contribution in [2.24, 2.45) is 0 Å². The van der Waals surface area contributed by atoms with Gasteiger partial charge in [-0.1, -0.05) is 48.7 Å². The molecule has 0 saturated carbocycles. The van der Waals surface area contributed by atoms with Crippen molar-refractivity contribution in [1.29, 1.82) is 0 Å². The molecule has 0 bridgehead atoms. The first-order valence-electron chi connectivity index (χ1n) is 5.35. The van der Waals surface area contributed by atoms with Gasteiger partial charge in [0.1, 0.15) is 0 Å². The van der Waals surface area contributed by atoms with Crippen LogP contribution in [-0.2, 0) is 18.2 Å². The van der Waals surface area contributed by atoms with E-state index in [1.807, 2.05) is 0 Å². The normalized spacial score (nSPS) is 10.5. The molecule has 0 spiro atoms. The van der Waals surface area contributed by atoms with Gasteiger partial charge in [-0.15, -0.1) is 0 Å². The van der Waals surface area contributed by atoms with Crippen molar-refractivity contribution in [2.75, 3.05) is 0 Å². The number of alkyl halides is 1. The molecular weight excluding hydrogens is 238 g/mol. The van der Waals surface area contributed by atoms with Crippen molar-refractivity contribution in [3.8, 4) is 0 Å². The monoisotopic (exact) mass is 255 g/mol. The van der Waals surface area contributed by atoms with E-state index >= 15 is 0 Å². The maximum Gasteiger partial charge on any atom is 0.0447 e. The number of nitrogens with zero attached hydrogens (tertiary/aromatic N) is 1. The Balaban J connectivity index is 2.88. The molecular formula is C12H18BrN. The largest absolute Gasteiger partial charge is 0.258 e. The van der Waals surface area contributed by atoms with Gasteiger partial charge in [0.25, 0.3) is 0 Å². The predicted octanol–water partition coefficient (Wildman–Crippen LogP) is 3.88. The van der Waals surface area contributed by atoms with Gasteiger partial charge in [0, 0.05) is 16.7 Å². The molecule has 0 aromatic carbocycles. The lowest BCUT2D eigenvalue weighted by molar-refractivity contribution is 0.822. The molecule has 2 heteroatoms. The summed E-state index contributed by atoms with van der Waals surface area (Å²) in [5, 5.41) is 0.918. The van der Waals surface area contributed by atoms with Crippen molar-refractivity contribution in [2.45, 2.75) is 44.9 Å². The molecule has 0 saturated heterocycles. The van der Waals surface area contributed by atoms with Gasteiger partial charge >= 0.3 is 0 Å². The lowest BCUT2D eigenvalue weighted by Gasteiger charge is -2.07. The van der Waals surface area contributed by atoms with Crippen LogP contribution in [0.15, 0.2) is 12.1 Å². The van der Waals surface area contributed by atoms with Gasteiger partial charge in [-0.05, 0) is 24.5 Å². The molecule has 0 aliphatic heterocycles. The number of hydrogen-bond acceptors (Lipinski definition) is 1. The summed E-state index contributed by atoms with van der Waals surface area (Å²) in [5.41, 5.74) is 3.85. The molecule has 14 heavy (non-hydrogen) atoms. The Labute approximate surface area is 95.1 Å². The maximum absolute atomic E-state index is 4.69. The number of halogens is 1. The van der Waals surface area contributed by atoms with Gasteiger partial charge in [-0.3, -0.25) is 4.98 Å². The van der Waals surface area contributed by atoms with E-state index in [2.05, 4.69) is 41.9 Å². The smallest absolute Gasteiger partial charge is 0.0447 e. The summed E-state index contributed by atoms with van der Waals surface area (Å²) in [5.74, 6) is 0. The minimum atomic E-state index is 0.918. The minimum Gasteiger partial charge on any atom is -0.258 e. The average Bonchev–Trinajstić information content (AvgIpc) is 2.19. The Hall–Kier alpha value is -0.370. The van der Waals surface area contributed by atoms with E-state index in [-0.39, 0.29) is 0 Å². The van der Waals surface area contributed by atoms with Crippen LogP contribution in [-0.4, -0.2) is 4.98 Å². The van der Waals surface area contributed by atoms with E-state index in [1.165, 1.54) is 29.8 Å². The van der Waals surface area contributed by atoms with Crippen LogP contribution in [0.3, 0.4) is 0 Å². The van der Waals surface area contributed by atoms with Crippen LogP contribution in [0.25, 0.3) is 0 Å². The summed E-state index contributed by atoms with van der Waals surface area (Å²) < 4.78 is 0. The van der Waals surface area contributed by atoms with E-state index in [0.29, 0.717) is 0 Å². The van der Waals surface area contributed by atoms with E-state index < -0.39 is 0 Å². The Morgan fingerprint density at radius 1 is 1.14 bits per heavy atom. The van der Waals surface area contributed by atoms with Gasteiger partial charge in [0.2, 0.25) is 0 Å². The van der Waals surface area contributed by atoms with Crippen LogP contribution in [0.5, 0.6) is 0 Å². The second-order valence-corrected chi connectivity index (χ2v) is 4.10. The number of pyridine rings is 1. The van der Waals surface area contributed by atoms with Gasteiger partial charge in [0.15, 0.2) is 0 Å². The van der Waals surface area contributed by atoms with Crippen LogP contribution < -0.4 is 0 Å². The van der Waals surface area contributed by atoms with Crippen molar-refractivity contribution < 1.29 is 0 Å². The van der Waals surface area contributed by atoms with Gasteiger partial charge in [-0.2, -0.15) is 0 Å². The summed E-state index contributed by atoms with van der Waals surface area (Å²) in [6.45, 7) is 4.39. The highest BCUT2D eigenvalue weighted by Crippen LogP contribution is 2.14. The molecule has 1 rings (SSSR count). The number of aromatic nitrogens is 1. The predicted molar refractivity (Wildman–Crippen MR) is 64.9 cm³/mol. The van der Waals surface area contributed by atoms with Crippen LogP contribution in [0.2, 0.25) is 0 Å². The zero-order valence-corrected chi connectivity index (χ0v) is 10.6. The second kappa shape index (κ2) is 6.18. The van der Waals surface area contributed by atoms with Crippen LogP contribution in [0, 0.1) is 0 Å². The van der Waals surface area contributed by atoms with Crippen LogP contribution >= 0.6 is 15.9 Å². The van der Waals surface area contributed by atoms with Crippen molar-refractivity contribution >= 4 is 15.9 Å². The molecule has 0 unspecified atom stereocenters. The Bertz CT molecular complexity index is 284. The van der Waals surface area contributed by atoms with E-state index in [1.54, 1.807) is 0 Å². The summed E-state index contributed by atoms with van der Waals surface area (Å²) in [6, 6.07) is 4.36. The molecule has 1 aromatic heterocycles. The summed E-state index contributed by atoms with van der Waals surface area (Å²) in [4.78, 5) is 4.69. The number of rotatable bonds is 5. The molecule has 0 atom stereocenters.